The van der Waals surface area contributed by atoms with Crippen LogP contribution in [0.2, 0.25) is 10.0 Å². The van der Waals surface area contributed by atoms with Crippen LogP contribution in [-0.2, 0) is 0 Å². The first-order valence-corrected chi connectivity index (χ1v) is 6.17. The summed E-state index contributed by atoms with van der Waals surface area (Å²) in [5.41, 5.74) is 5.64. The summed E-state index contributed by atoms with van der Waals surface area (Å²) in [5.74, 6) is 2.39. The summed E-state index contributed by atoms with van der Waals surface area (Å²) in [6, 6.07) is 5.30. The average molecular weight is 286 g/mol. The minimum absolute atomic E-state index is 0.0655. The van der Waals surface area contributed by atoms with Crippen LogP contribution < -0.4 is 11.1 Å². The second-order valence-corrected chi connectivity index (χ2v) is 4.81. The van der Waals surface area contributed by atoms with Crippen LogP contribution in [-0.4, -0.2) is 4.98 Å². The highest BCUT2D eigenvalue weighted by Crippen LogP contribution is 2.30. The van der Waals surface area contributed by atoms with Crippen molar-refractivity contribution in [1.29, 1.82) is 0 Å². The lowest BCUT2D eigenvalue weighted by Crippen LogP contribution is -2.08. The molecule has 2 aromatic rings. The maximum absolute atomic E-state index is 6.04. The van der Waals surface area contributed by atoms with Crippen LogP contribution in [0, 0.1) is 6.92 Å². The van der Waals surface area contributed by atoms with Gasteiger partial charge in [0.2, 0.25) is 0 Å². The number of nitrogens with zero attached hydrogens (tertiary/aromatic N) is 1. The maximum atomic E-state index is 6.04. The third-order valence-corrected chi connectivity index (χ3v) is 3.09. The van der Waals surface area contributed by atoms with Gasteiger partial charge in [0.25, 0.3) is 0 Å². The third kappa shape index (κ3) is 2.71. The van der Waals surface area contributed by atoms with E-state index in [1.807, 2.05) is 26.0 Å². The molecule has 0 aromatic carbocycles. The first-order valence-electron chi connectivity index (χ1n) is 5.41. The van der Waals surface area contributed by atoms with Crippen LogP contribution in [0.25, 0.3) is 0 Å². The van der Waals surface area contributed by atoms with Gasteiger partial charge < -0.3 is 15.5 Å². The molecule has 0 radical (unpaired) electrons. The van der Waals surface area contributed by atoms with Crippen molar-refractivity contribution < 1.29 is 4.42 Å². The van der Waals surface area contributed by atoms with Gasteiger partial charge in [-0.3, -0.25) is 0 Å². The summed E-state index contributed by atoms with van der Waals surface area (Å²) in [6.45, 7) is 3.84. The first kappa shape index (κ1) is 13.1. The quantitative estimate of drug-likeness (QED) is 0.893. The van der Waals surface area contributed by atoms with E-state index in [0.717, 1.165) is 11.5 Å². The fourth-order valence-electron chi connectivity index (χ4n) is 1.54. The Kier molecular flexibility index (Phi) is 3.68. The second-order valence-electron chi connectivity index (χ2n) is 4.00. The standard InChI is InChI=1S/C12H13Cl2N3O/c1-6-3-4-10(18-6)7(2)16-12-9(14)5-8(13)11(15)17-12/h3-5,7H,1-2H3,(H3,15,16,17). The highest BCUT2D eigenvalue weighted by Gasteiger charge is 2.13. The molecule has 0 aliphatic heterocycles. The minimum atomic E-state index is -0.0655. The summed E-state index contributed by atoms with van der Waals surface area (Å²) in [5, 5.41) is 3.89. The van der Waals surface area contributed by atoms with Crippen LogP contribution >= 0.6 is 23.2 Å². The van der Waals surface area contributed by atoms with Crippen LogP contribution in [0.15, 0.2) is 22.6 Å². The van der Waals surface area contributed by atoms with Crippen molar-refractivity contribution in [2.24, 2.45) is 0 Å². The number of aryl methyl sites for hydroxylation is 1. The van der Waals surface area contributed by atoms with Crippen LogP contribution in [0.1, 0.15) is 24.5 Å². The van der Waals surface area contributed by atoms with E-state index in [1.54, 1.807) is 6.07 Å². The Hall–Kier alpha value is -1.39. The van der Waals surface area contributed by atoms with Crippen molar-refractivity contribution >= 4 is 34.8 Å². The van der Waals surface area contributed by atoms with E-state index in [4.69, 9.17) is 33.4 Å². The summed E-state index contributed by atoms with van der Waals surface area (Å²) in [7, 11) is 0. The van der Waals surface area contributed by atoms with Gasteiger partial charge in [0.1, 0.15) is 23.2 Å². The monoisotopic (exact) mass is 285 g/mol. The van der Waals surface area contributed by atoms with E-state index in [9.17, 15) is 0 Å². The largest absolute Gasteiger partial charge is 0.464 e. The molecule has 0 amide bonds. The molecular formula is C12H13Cl2N3O. The normalized spacial score (nSPS) is 12.4. The molecule has 2 rings (SSSR count). The summed E-state index contributed by atoms with van der Waals surface area (Å²) in [6.07, 6.45) is 0. The molecule has 0 aliphatic carbocycles. The first-order chi connectivity index (χ1) is 8.47. The molecule has 0 saturated carbocycles. The predicted molar refractivity (Wildman–Crippen MR) is 74.2 cm³/mol. The molecule has 3 N–H and O–H groups in total. The topological polar surface area (TPSA) is 64.1 Å². The van der Waals surface area contributed by atoms with Gasteiger partial charge in [-0.15, -0.1) is 0 Å². The Morgan fingerprint density at radius 2 is 2.06 bits per heavy atom. The van der Waals surface area contributed by atoms with Gasteiger partial charge in [0, 0.05) is 0 Å². The molecule has 4 nitrogen and oxygen atoms in total. The Morgan fingerprint density at radius 1 is 1.33 bits per heavy atom. The Labute approximate surface area is 115 Å². The number of nitrogens with one attached hydrogen (secondary N) is 1. The van der Waals surface area contributed by atoms with Gasteiger partial charge in [-0.25, -0.2) is 4.98 Å². The molecule has 0 fully saturated rings. The number of rotatable bonds is 3. The molecule has 96 valence electrons. The predicted octanol–water partition coefficient (Wildman–Crippen LogP) is 4.05. The van der Waals surface area contributed by atoms with Crippen molar-refractivity contribution in [1.82, 2.24) is 4.98 Å². The second kappa shape index (κ2) is 5.08. The van der Waals surface area contributed by atoms with E-state index in [-0.39, 0.29) is 11.9 Å². The number of nitrogens with two attached hydrogens (primary N) is 1. The molecule has 0 saturated heterocycles. The smallest absolute Gasteiger partial charge is 0.147 e. The Balaban J connectivity index is 2.21. The zero-order chi connectivity index (χ0) is 13.3. The molecule has 0 aliphatic rings. The van der Waals surface area contributed by atoms with Crippen molar-refractivity contribution in [3.8, 4) is 0 Å². The SMILES string of the molecule is Cc1ccc(C(C)Nc2nc(N)c(Cl)cc2Cl)o1. The number of aromatic nitrogens is 1. The lowest BCUT2D eigenvalue weighted by Gasteiger charge is -2.14. The molecule has 1 unspecified atom stereocenters. The van der Waals surface area contributed by atoms with Crippen LogP contribution in [0.3, 0.4) is 0 Å². The Bertz CT molecular complexity index is 568. The number of furan rings is 1. The molecule has 18 heavy (non-hydrogen) atoms. The van der Waals surface area contributed by atoms with Gasteiger partial charge in [0.05, 0.1) is 16.1 Å². The number of anilines is 2. The number of pyridine rings is 1. The minimum Gasteiger partial charge on any atom is -0.464 e. The average Bonchev–Trinajstić information content (AvgIpc) is 2.73. The van der Waals surface area contributed by atoms with Gasteiger partial charge in [-0.05, 0) is 32.0 Å². The Morgan fingerprint density at radius 3 is 2.67 bits per heavy atom. The lowest BCUT2D eigenvalue weighted by molar-refractivity contribution is 0.466. The fourth-order valence-corrected chi connectivity index (χ4v) is 1.96. The van der Waals surface area contributed by atoms with Gasteiger partial charge >= 0.3 is 0 Å². The molecule has 6 heteroatoms. The summed E-state index contributed by atoms with van der Waals surface area (Å²) in [4.78, 5) is 4.11. The number of hydrogen-bond donors (Lipinski definition) is 2. The van der Waals surface area contributed by atoms with E-state index in [0.29, 0.717) is 15.9 Å². The van der Waals surface area contributed by atoms with Gasteiger partial charge in [-0.1, -0.05) is 23.2 Å². The molecule has 1 atom stereocenters. The van der Waals surface area contributed by atoms with E-state index in [1.165, 1.54) is 0 Å². The lowest BCUT2D eigenvalue weighted by atomic mass is 10.2. The molecule has 0 spiro atoms. The van der Waals surface area contributed by atoms with Crippen molar-refractivity contribution in [3.05, 3.63) is 39.8 Å². The van der Waals surface area contributed by atoms with Crippen LogP contribution in [0.5, 0.6) is 0 Å². The summed E-state index contributed by atoms with van der Waals surface area (Å²) < 4.78 is 5.52. The molecule has 2 heterocycles. The fraction of sp³-hybridized carbons (Fsp3) is 0.250. The molecular weight excluding hydrogens is 273 g/mol. The van der Waals surface area contributed by atoms with Gasteiger partial charge in [0.15, 0.2) is 0 Å². The molecule has 0 bridgehead atoms. The third-order valence-electron chi connectivity index (χ3n) is 2.50. The summed E-state index contributed by atoms with van der Waals surface area (Å²) >= 11 is 11.9. The van der Waals surface area contributed by atoms with Crippen LogP contribution in [0.4, 0.5) is 11.6 Å². The van der Waals surface area contributed by atoms with E-state index < -0.39 is 0 Å². The molecule has 2 aromatic heterocycles. The highest BCUT2D eigenvalue weighted by atomic mass is 35.5. The van der Waals surface area contributed by atoms with Crippen molar-refractivity contribution in [2.75, 3.05) is 11.1 Å². The van der Waals surface area contributed by atoms with Crippen molar-refractivity contribution in [2.45, 2.75) is 19.9 Å². The van der Waals surface area contributed by atoms with Gasteiger partial charge in [-0.2, -0.15) is 0 Å². The zero-order valence-corrected chi connectivity index (χ0v) is 11.5. The number of hydrogen-bond acceptors (Lipinski definition) is 4. The number of halogens is 2. The van der Waals surface area contributed by atoms with E-state index in [2.05, 4.69) is 10.3 Å². The van der Waals surface area contributed by atoms with Crippen molar-refractivity contribution in [3.63, 3.8) is 0 Å². The number of nitrogen functional groups attached to an aromatic ring is 1. The maximum Gasteiger partial charge on any atom is 0.147 e. The highest BCUT2D eigenvalue weighted by molar-refractivity contribution is 6.37. The van der Waals surface area contributed by atoms with E-state index >= 15 is 0 Å². The zero-order valence-electron chi connectivity index (χ0n) is 10.00.